The SMILES string of the molecule is O=C(CSc1n[nH]c(CC2CCCC2)n1)Nc1ccc(N2CCCCC2)cc1. The van der Waals surface area contributed by atoms with Gasteiger partial charge in [0.25, 0.3) is 0 Å². The zero-order valence-corrected chi connectivity index (χ0v) is 17.1. The number of aromatic nitrogens is 3. The second kappa shape index (κ2) is 9.45. The molecule has 4 rings (SSSR count). The molecule has 6 nitrogen and oxygen atoms in total. The molecule has 2 heterocycles. The van der Waals surface area contributed by atoms with E-state index in [9.17, 15) is 4.79 Å². The molecule has 150 valence electrons. The summed E-state index contributed by atoms with van der Waals surface area (Å²) < 4.78 is 0. The lowest BCUT2D eigenvalue weighted by molar-refractivity contribution is -0.113. The van der Waals surface area contributed by atoms with Crippen LogP contribution in [-0.4, -0.2) is 39.9 Å². The number of hydrogen-bond acceptors (Lipinski definition) is 5. The average Bonchev–Trinajstić information content (AvgIpc) is 3.40. The molecular weight excluding hydrogens is 370 g/mol. The maximum absolute atomic E-state index is 12.2. The number of rotatable bonds is 7. The molecule has 0 unspecified atom stereocenters. The molecule has 2 aromatic rings. The Morgan fingerprint density at radius 2 is 1.86 bits per heavy atom. The van der Waals surface area contributed by atoms with E-state index in [1.165, 1.54) is 62.4 Å². The van der Waals surface area contributed by atoms with E-state index in [1.54, 1.807) is 0 Å². The van der Waals surface area contributed by atoms with Crippen LogP contribution in [0.3, 0.4) is 0 Å². The molecule has 1 saturated carbocycles. The lowest BCUT2D eigenvalue weighted by atomic mass is 10.0. The molecule has 0 radical (unpaired) electrons. The summed E-state index contributed by atoms with van der Waals surface area (Å²) in [4.78, 5) is 19.2. The lowest BCUT2D eigenvalue weighted by Crippen LogP contribution is -2.29. The molecule has 0 bridgehead atoms. The molecule has 2 fully saturated rings. The Bertz CT molecular complexity index is 763. The first-order valence-corrected chi connectivity index (χ1v) is 11.4. The second-order valence-corrected chi connectivity index (χ2v) is 8.79. The number of nitrogens with one attached hydrogen (secondary N) is 2. The highest BCUT2D eigenvalue weighted by molar-refractivity contribution is 7.99. The van der Waals surface area contributed by atoms with E-state index in [1.807, 2.05) is 12.1 Å². The average molecular weight is 400 g/mol. The number of aromatic amines is 1. The first-order chi connectivity index (χ1) is 13.8. The van der Waals surface area contributed by atoms with Gasteiger partial charge in [-0.25, -0.2) is 4.98 Å². The molecule has 1 amide bonds. The van der Waals surface area contributed by atoms with Crippen molar-refractivity contribution in [3.8, 4) is 0 Å². The largest absolute Gasteiger partial charge is 0.372 e. The summed E-state index contributed by atoms with van der Waals surface area (Å²) in [5.41, 5.74) is 2.07. The molecule has 2 N–H and O–H groups in total. The maximum atomic E-state index is 12.2. The Kier molecular flexibility index (Phi) is 6.52. The molecule has 28 heavy (non-hydrogen) atoms. The minimum Gasteiger partial charge on any atom is -0.372 e. The van der Waals surface area contributed by atoms with Crippen molar-refractivity contribution in [2.75, 3.05) is 29.1 Å². The minimum atomic E-state index is -0.0298. The van der Waals surface area contributed by atoms with Gasteiger partial charge in [-0.2, -0.15) is 0 Å². The molecule has 1 aliphatic heterocycles. The Morgan fingerprint density at radius 1 is 1.11 bits per heavy atom. The number of carbonyl (C=O) groups is 1. The maximum Gasteiger partial charge on any atom is 0.234 e. The predicted molar refractivity (Wildman–Crippen MR) is 114 cm³/mol. The van der Waals surface area contributed by atoms with Crippen molar-refractivity contribution in [1.29, 1.82) is 0 Å². The van der Waals surface area contributed by atoms with Crippen LogP contribution in [0.25, 0.3) is 0 Å². The summed E-state index contributed by atoms with van der Waals surface area (Å²) in [6, 6.07) is 8.16. The minimum absolute atomic E-state index is 0.0298. The van der Waals surface area contributed by atoms with E-state index in [4.69, 9.17) is 0 Å². The highest BCUT2D eigenvalue weighted by atomic mass is 32.2. The third-order valence-electron chi connectivity index (χ3n) is 5.67. The van der Waals surface area contributed by atoms with Crippen LogP contribution in [0.15, 0.2) is 29.4 Å². The van der Waals surface area contributed by atoms with Gasteiger partial charge in [0.2, 0.25) is 11.1 Å². The Labute approximate surface area is 170 Å². The van der Waals surface area contributed by atoms with Crippen molar-refractivity contribution in [2.45, 2.75) is 56.5 Å². The first-order valence-electron chi connectivity index (χ1n) is 10.5. The molecule has 0 spiro atoms. The summed E-state index contributed by atoms with van der Waals surface area (Å²) in [5.74, 6) is 1.97. The van der Waals surface area contributed by atoms with Gasteiger partial charge in [-0.15, -0.1) is 5.10 Å². The van der Waals surface area contributed by atoms with Crippen LogP contribution >= 0.6 is 11.8 Å². The van der Waals surface area contributed by atoms with Crippen LogP contribution in [0.4, 0.5) is 11.4 Å². The molecule has 7 heteroatoms. The van der Waals surface area contributed by atoms with Crippen molar-refractivity contribution in [1.82, 2.24) is 15.2 Å². The number of hydrogen-bond donors (Lipinski definition) is 2. The standard InChI is InChI=1S/C21H29N5OS/c27-20(15-28-21-23-19(24-25-21)14-16-6-2-3-7-16)22-17-8-10-18(11-9-17)26-12-4-1-5-13-26/h8-11,16H,1-7,12-15H2,(H,22,27)(H,23,24,25). The lowest BCUT2D eigenvalue weighted by Gasteiger charge is -2.28. The fourth-order valence-corrected chi connectivity index (χ4v) is 4.77. The van der Waals surface area contributed by atoms with Crippen molar-refractivity contribution in [3.63, 3.8) is 0 Å². The van der Waals surface area contributed by atoms with Crippen LogP contribution < -0.4 is 10.2 Å². The fraction of sp³-hybridized carbons (Fsp3) is 0.571. The smallest absolute Gasteiger partial charge is 0.234 e. The van der Waals surface area contributed by atoms with E-state index < -0.39 is 0 Å². The van der Waals surface area contributed by atoms with Gasteiger partial charge in [0.1, 0.15) is 5.82 Å². The van der Waals surface area contributed by atoms with Gasteiger partial charge in [-0.1, -0.05) is 37.4 Å². The number of anilines is 2. The highest BCUT2D eigenvalue weighted by Gasteiger charge is 2.18. The van der Waals surface area contributed by atoms with Crippen molar-refractivity contribution >= 4 is 29.0 Å². The summed E-state index contributed by atoms with van der Waals surface area (Å²) in [5, 5.41) is 10.9. The van der Waals surface area contributed by atoms with E-state index >= 15 is 0 Å². The van der Waals surface area contributed by atoms with Crippen molar-refractivity contribution < 1.29 is 4.79 Å². The van der Waals surface area contributed by atoms with Crippen molar-refractivity contribution in [3.05, 3.63) is 30.1 Å². The number of thioether (sulfide) groups is 1. The zero-order valence-electron chi connectivity index (χ0n) is 16.3. The number of piperidine rings is 1. The van der Waals surface area contributed by atoms with Crippen LogP contribution in [0.5, 0.6) is 0 Å². The number of amides is 1. The summed E-state index contributed by atoms with van der Waals surface area (Å²) >= 11 is 1.38. The monoisotopic (exact) mass is 399 g/mol. The van der Waals surface area contributed by atoms with Crippen LogP contribution in [0.2, 0.25) is 0 Å². The summed E-state index contributed by atoms with van der Waals surface area (Å²) in [6.45, 7) is 2.25. The molecule has 2 aliphatic rings. The third kappa shape index (κ3) is 5.28. The third-order valence-corrected chi connectivity index (χ3v) is 6.52. The highest BCUT2D eigenvalue weighted by Crippen LogP contribution is 2.27. The van der Waals surface area contributed by atoms with Gasteiger partial charge in [0.05, 0.1) is 5.75 Å². The molecule has 1 aliphatic carbocycles. The molecule has 1 saturated heterocycles. The van der Waals surface area contributed by atoms with E-state index in [2.05, 4.69) is 37.5 Å². The van der Waals surface area contributed by atoms with Crippen LogP contribution in [0.1, 0.15) is 50.8 Å². The number of carbonyl (C=O) groups excluding carboxylic acids is 1. The summed E-state index contributed by atoms with van der Waals surface area (Å²) in [7, 11) is 0. The van der Waals surface area contributed by atoms with E-state index in [0.29, 0.717) is 10.9 Å². The number of nitrogens with zero attached hydrogens (tertiary/aromatic N) is 3. The quantitative estimate of drug-likeness (QED) is 0.681. The molecular formula is C21H29N5OS. The predicted octanol–water partition coefficient (Wildman–Crippen LogP) is 4.26. The number of benzene rings is 1. The van der Waals surface area contributed by atoms with Crippen LogP contribution in [-0.2, 0) is 11.2 Å². The van der Waals surface area contributed by atoms with E-state index in [-0.39, 0.29) is 5.91 Å². The van der Waals surface area contributed by atoms with Gasteiger partial charge in [0, 0.05) is 30.9 Å². The zero-order chi connectivity index (χ0) is 19.2. The molecule has 0 atom stereocenters. The Hall–Kier alpha value is -2.02. The van der Waals surface area contributed by atoms with Gasteiger partial charge in [-0.05, 0) is 49.4 Å². The van der Waals surface area contributed by atoms with Gasteiger partial charge in [0.15, 0.2) is 0 Å². The van der Waals surface area contributed by atoms with Gasteiger partial charge in [-0.3, -0.25) is 9.89 Å². The van der Waals surface area contributed by atoms with Gasteiger partial charge < -0.3 is 10.2 Å². The van der Waals surface area contributed by atoms with Gasteiger partial charge >= 0.3 is 0 Å². The summed E-state index contributed by atoms with van der Waals surface area (Å²) in [6.07, 6.45) is 10.1. The van der Waals surface area contributed by atoms with Crippen LogP contribution in [0, 0.1) is 5.92 Å². The number of H-pyrrole nitrogens is 1. The molecule has 1 aromatic heterocycles. The second-order valence-electron chi connectivity index (χ2n) is 7.85. The topological polar surface area (TPSA) is 73.9 Å². The fourth-order valence-electron chi connectivity index (χ4n) is 4.16. The van der Waals surface area contributed by atoms with Crippen molar-refractivity contribution in [2.24, 2.45) is 5.92 Å². The Morgan fingerprint density at radius 3 is 2.61 bits per heavy atom. The normalized spacial score (nSPS) is 17.8. The van der Waals surface area contributed by atoms with E-state index in [0.717, 1.165) is 36.9 Å². The first kappa shape index (κ1) is 19.3. The molecule has 1 aromatic carbocycles. The Balaban J connectivity index is 1.22.